The van der Waals surface area contributed by atoms with Crippen LogP contribution in [0, 0.1) is 17.1 Å². The van der Waals surface area contributed by atoms with Crippen LogP contribution in [0.1, 0.15) is 31.2 Å². The Hall–Kier alpha value is -3.70. The summed E-state index contributed by atoms with van der Waals surface area (Å²) in [6.45, 7) is 1.40. The number of nitrogens with one attached hydrogen (secondary N) is 1. The van der Waals surface area contributed by atoms with E-state index in [4.69, 9.17) is 4.74 Å². The molecule has 35 heavy (non-hydrogen) atoms. The quantitative estimate of drug-likeness (QED) is 0.485. The van der Waals surface area contributed by atoms with Crippen LogP contribution in [0.25, 0.3) is 0 Å². The molecule has 1 N–H and O–H groups in total. The number of ketones is 1. The Morgan fingerprint density at radius 1 is 1.06 bits per heavy atom. The second-order valence-electron chi connectivity index (χ2n) is 9.02. The molecule has 182 valence electrons. The van der Waals surface area contributed by atoms with Crippen LogP contribution in [0.3, 0.4) is 0 Å². The van der Waals surface area contributed by atoms with E-state index in [2.05, 4.69) is 5.32 Å². The zero-order valence-corrected chi connectivity index (χ0v) is 20.0. The van der Waals surface area contributed by atoms with E-state index in [1.54, 1.807) is 6.07 Å². The number of halogens is 1. The zero-order chi connectivity index (χ0) is 25.0. The maximum Gasteiger partial charge on any atom is 0.220 e. The number of amides is 1. The number of nitrogens with zero attached hydrogens (tertiary/aromatic N) is 3. The summed E-state index contributed by atoms with van der Waals surface area (Å²) in [6.07, 6.45) is 1.22. The predicted molar refractivity (Wildman–Crippen MR) is 131 cm³/mol. The molecule has 0 saturated carbocycles. The van der Waals surface area contributed by atoms with Gasteiger partial charge in [0.25, 0.3) is 0 Å². The minimum atomic E-state index is -0.416. The number of Topliss-reactive ketones (excluding diaryl/α,β-unsaturated/α-hetero) is 1. The third kappa shape index (κ3) is 4.91. The average molecular weight is 477 g/mol. The molecule has 1 saturated heterocycles. The molecule has 2 aromatic carbocycles. The fraction of sp³-hybridized carbons (Fsp3) is 0.370. The van der Waals surface area contributed by atoms with E-state index in [9.17, 15) is 19.2 Å². The van der Waals surface area contributed by atoms with Gasteiger partial charge in [-0.1, -0.05) is 24.3 Å². The summed E-state index contributed by atoms with van der Waals surface area (Å²) in [7, 11) is 3.63. The fourth-order valence-electron chi connectivity index (χ4n) is 4.91. The summed E-state index contributed by atoms with van der Waals surface area (Å²) in [5.74, 6) is -0.466. The molecule has 2 aliphatic heterocycles. The molecule has 4 rings (SSSR count). The molecule has 0 spiro atoms. The summed E-state index contributed by atoms with van der Waals surface area (Å²) in [4.78, 5) is 29.3. The first-order valence-electron chi connectivity index (χ1n) is 11.7. The molecule has 1 amide bonds. The molecule has 2 heterocycles. The number of para-hydroxylation sites is 2. The van der Waals surface area contributed by atoms with Crippen molar-refractivity contribution in [2.75, 3.05) is 43.7 Å². The highest BCUT2D eigenvalue weighted by Gasteiger charge is 2.35. The molecule has 2 aromatic rings. The minimum absolute atomic E-state index is 0.0275. The Balaban J connectivity index is 1.41. The zero-order valence-electron chi connectivity index (χ0n) is 20.0. The van der Waals surface area contributed by atoms with Gasteiger partial charge in [0.1, 0.15) is 23.3 Å². The lowest BCUT2D eigenvalue weighted by atomic mass is 9.74. The molecular weight excluding hydrogens is 447 g/mol. The van der Waals surface area contributed by atoms with E-state index >= 15 is 0 Å². The Morgan fingerprint density at radius 2 is 1.71 bits per heavy atom. The van der Waals surface area contributed by atoms with E-state index in [1.165, 1.54) is 12.1 Å². The molecule has 0 radical (unpaired) electrons. The highest BCUT2D eigenvalue weighted by atomic mass is 19.1. The lowest BCUT2D eigenvalue weighted by Crippen LogP contribution is -2.44. The first-order chi connectivity index (χ1) is 16.9. The second-order valence-corrected chi connectivity index (χ2v) is 9.02. The molecule has 0 unspecified atom stereocenters. The van der Waals surface area contributed by atoms with E-state index in [0.29, 0.717) is 38.4 Å². The number of fused-ring (bicyclic) bond motifs is 1. The van der Waals surface area contributed by atoms with Crippen molar-refractivity contribution in [3.63, 3.8) is 0 Å². The Labute approximate surface area is 204 Å². The van der Waals surface area contributed by atoms with Gasteiger partial charge in [0.05, 0.1) is 11.4 Å². The van der Waals surface area contributed by atoms with Gasteiger partial charge in [-0.3, -0.25) is 9.59 Å². The summed E-state index contributed by atoms with van der Waals surface area (Å²) in [5.41, 5.74) is 2.26. The second kappa shape index (κ2) is 10.3. The molecule has 2 aliphatic rings. The normalized spacial score (nSPS) is 16.5. The molecule has 8 heteroatoms. The Morgan fingerprint density at radius 3 is 2.31 bits per heavy atom. The molecule has 7 nitrogen and oxygen atoms in total. The van der Waals surface area contributed by atoms with Crippen molar-refractivity contribution in [1.82, 2.24) is 5.32 Å². The Bertz CT molecular complexity index is 1170. The van der Waals surface area contributed by atoms with Crippen molar-refractivity contribution >= 4 is 23.1 Å². The highest BCUT2D eigenvalue weighted by Crippen LogP contribution is 2.40. The maximum atomic E-state index is 13.9. The molecule has 0 bridgehead atoms. The summed E-state index contributed by atoms with van der Waals surface area (Å²) < 4.78 is 19.4. The topological polar surface area (TPSA) is 85.7 Å². The molecule has 1 fully saturated rings. The molecule has 0 aliphatic carbocycles. The average Bonchev–Trinajstić information content (AvgIpc) is 3.13. The fourth-order valence-corrected chi connectivity index (χ4v) is 4.91. The van der Waals surface area contributed by atoms with Crippen LogP contribution in [0.2, 0.25) is 0 Å². The number of anilines is 2. The van der Waals surface area contributed by atoms with Crippen molar-refractivity contribution in [1.29, 1.82) is 5.26 Å². The van der Waals surface area contributed by atoms with Gasteiger partial charge in [-0.15, -0.1) is 0 Å². The van der Waals surface area contributed by atoms with Gasteiger partial charge in [-0.05, 0) is 42.7 Å². The van der Waals surface area contributed by atoms with Crippen LogP contribution >= 0.6 is 0 Å². The third-order valence-corrected chi connectivity index (χ3v) is 6.94. The monoisotopic (exact) mass is 476 g/mol. The summed E-state index contributed by atoms with van der Waals surface area (Å²) in [5, 5.41) is 12.7. The number of benzene rings is 2. The molecule has 0 aromatic heterocycles. The van der Waals surface area contributed by atoms with Crippen molar-refractivity contribution in [3.05, 3.63) is 71.3 Å². The molecular formula is C27H29FN4O3. The first-order valence-corrected chi connectivity index (χ1v) is 11.7. The van der Waals surface area contributed by atoms with E-state index in [0.717, 1.165) is 16.9 Å². The third-order valence-electron chi connectivity index (χ3n) is 6.94. The lowest BCUT2D eigenvalue weighted by Gasteiger charge is -2.38. The number of carbonyl (C=O) groups excluding carboxylic acids is 2. The number of carbonyl (C=O) groups is 2. The van der Waals surface area contributed by atoms with Gasteiger partial charge in [0.15, 0.2) is 5.78 Å². The van der Waals surface area contributed by atoms with Crippen LogP contribution < -0.4 is 15.1 Å². The van der Waals surface area contributed by atoms with E-state index in [-0.39, 0.29) is 35.9 Å². The standard InChI is InChI=1S/C27H29FN4O3/c1-31-22-8-3-4-9-23(22)32(2)26(31)21(17-29)24(33)10-11-25(34)30-18-27(12-14-35-15-13-27)19-6-5-7-20(28)16-19/h3-9,16H,10-15,18H2,1-2H3,(H,30,34). The van der Waals surface area contributed by atoms with Gasteiger partial charge in [0.2, 0.25) is 5.91 Å². The van der Waals surface area contributed by atoms with E-state index in [1.807, 2.05) is 60.3 Å². The van der Waals surface area contributed by atoms with Crippen LogP contribution in [-0.2, 0) is 19.7 Å². The van der Waals surface area contributed by atoms with E-state index < -0.39 is 5.41 Å². The largest absolute Gasteiger partial charge is 0.381 e. The summed E-state index contributed by atoms with van der Waals surface area (Å²) in [6, 6.07) is 16.2. The van der Waals surface area contributed by atoms with Crippen LogP contribution in [0.5, 0.6) is 0 Å². The number of allylic oxidation sites excluding steroid dienone is 1. The van der Waals surface area contributed by atoms with Crippen molar-refractivity contribution in [3.8, 4) is 6.07 Å². The Kier molecular flexibility index (Phi) is 7.17. The first kappa shape index (κ1) is 24.4. The number of hydrogen-bond donors (Lipinski definition) is 1. The van der Waals surface area contributed by atoms with Gasteiger partial charge in [-0.25, -0.2) is 4.39 Å². The van der Waals surface area contributed by atoms with Crippen molar-refractivity contribution < 1.29 is 18.7 Å². The summed E-state index contributed by atoms with van der Waals surface area (Å²) >= 11 is 0. The van der Waals surface area contributed by atoms with Crippen LogP contribution in [0.4, 0.5) is 15.8 Å². The maximum absolute atomic E-state index is 13.9. The molecule has 0 atom stereocenters. The van der Waals surface area contributed by atoms with Crippen molar-refractivity contribution in [2.45, 2.75) is 31.1 Å². The SMILES string of the molecule is CN1C(=C(C#N)C(=O)CCC(=O)NCC2(c3cccc(F)c3)CCOCC2)N(C)c2ccccc21. The van der Waals surface area contributed by atoms with Gasteiger partial charge in [-0.2, -0.15) is 5.26 Å². The van der Waals surface area contributed by atoms with Gasteiger partial charge in [0, 0.05) is 52.1 Å². The number of nitriles is 1. The van der Waals surface area contributed by atoms with Crippen LogP contribution in [0.15, 0.2) is 59.9 Å². The number of rotatable bonds is 7. The minimum Gasteiger partial charge on any atom is -0.381 e. The van der Waals surface area contributed by atoms with Gasteiger partial charge >= 0.3 is 0 Å². The smallest absolute Gasteiger partial charge is 0.220 e. The predicted octanol–water partition coefficient (Wildman–Crippen LogP) is 3.66. The van der Waals surface area contributed by atoms with Crippen molar-refractivity contribution in [2.24, 2.45) is 0 Å². The number of ether oxygens (including phenoxy) is 1. The highest BCUT2D eigenvalue weighted by molar-refractivity contribution is 6.03. The van der Waals surface area contributed by atoms with Crippen LogP contribution in [-0.4, -0.2) is 45.5 Å². The van der Waals surface area contributed by atoms with Gasteiger partial charge < -0.3 is 19.9 Å². The lowest BCUT2D eigenvalue weighted by molar-refractivity contribution is -0.124. The number of hydrogen-bond acceptors (Lipinski definition) is 6.